The second-order valence-electron chi connectivity index (χ2n) is 4.08. The second-order valence-corrected chi connectivity index (χ2v) is 4.08. The van der Waals surface area contributed by atoms with E-state index in [0.29, 0.717) is 6.54 Å². The van der Waals surface area contributed by atoms with Crippen LogP contribution in [-0.4, -0.2) is 27.5 Å². The van der Waals surface area contributed by atoms with Crippen molar-refractivity contribution in [3.8, 4) is 0 Å². The van der Waals surface area contributed by atoms with E-state index in [0.717, 1.165) is 12.4 Å². The molecule has 0 bridgehead atoms. The molecule has 1 heterocycles. The van der Waals surface area contributed by atoms with Crippen LogP contribution in [0.3, 0.4) is 0 Å². The third-order valence-corrected chi connectivity index (χ3v) is 2.46. The molecule has 5 nitrogen and oxygen atoms in total. The number of nitrogens with two attached hydrogens (primary N) is 1. The number of rotatable bonds is 5. The summed E-state index contributed by atoms with van der Waals surface area (Å²) in [5.74, 6) is 0.624. The molecule has 15 heavy (non-hydrogen) atoms. The van der Waals surface area contributed by atoms with Gasteiger partial charge in [-0.15, -0.1) is 0 Å². The molecule has 0 aromatic carbocycles. The number of hydrogen-bond donors (Lipinski definition) is 2. The Morgan fingerprint density at radius 2 is 2.33 bits per heavy atom. The SMILES string of the molecule is Cc1nccn1CCNC(C)(C)C(N)=O. The number of amides is 1. The molecule has 0 aliphatic rings. The number of nitrogens with one attached hydrogen (secondary N) is 1. The average Bonchev–Trinajstić information content (AvgIpc) is 2.51. The fraction of sp³-hybridized carbons (Fsp3) is 0.600. The van der Waals surface area contributed by atoms with E-state index in [1.54, 1.807) is 20.0 Å². The Labute approximate surface area is 89.7 Å². The summed E-state index contributed by atoms with van der Waals surface area (Å²) in [5.41, 5.74) is 4.58. The first-order valence-corrected chi connectivity index (χ1v) is 4.96. The van der Waals surface area contributed by atoms with E-state index >= 15 is 0 Å². The number of aromatic nitrogens is 2. The Morgan fingerprint density at radius 1 is 1.67 bits per heavy atom. The molecule has 0 aliphatic carbocycles. The maximum Gasteiger partial charge on any atom is 0.237 e. The number of carbonyl (C=O) groups excluding carboxylic acids is 1. The van der Waals surface area contributed by atoms with Gasteiger partial charge in [0.25, 0.3) is 0 Å². The minimum absolute atomic E-state index is 0.343. The van der Waals surface area contributed by atoms with Crippen molar-refractivity contribution in [3.63, 3.8) is 0 Å². The van der Waals surface area contributed by atoms with Crippen molar-refractivity contribution in [3.05, 3.63) is 18.2 Å². The van der Waals surface area contributed by atoms with Crippen LogP contribution in [0.15, 0.2) is 12.4 Å². The molecule has 0 spiro atoms. The summed E-state index contributed by atoms with van der Waals surface area (Å²) in [6.45, 7) is 6.96. The Kier molecular flexibility index (Phi) is 3.47. The summed E-state index contributed by atoms with van der Waals surface area (Å²) >= 11 is 0. The zero-order valence-corrected chi connectivity index (χ0v) is 9.45. The molecule has 0 fully saturated rings. The van der Waals surface area contributed by atoms with Crippen molar-refractivity contribution in [2.24, 2.45) is 5.73 Å². The molecule has 1 rings (SSSR count). The van der Waals surface area contributed by atoms with Gasteiger partial charge in [0.2, 0.25) is 5.91 Å². The van der Waals surface area contributed by atoms with Crippen molar-refractivity contribution in [1.82, 2.24) is 14.9 Å². The van der Waals surface area contributed by atoms with Crippen LogP contribution < -0.4 is 11.1 Å². The van der Waals surface area contributed by atoms with Gasteiger partial charge in [0, 0.05) is 25.5 Å². The maximum atomic E-state index is 11.0. The van der Waals surface area contributed by atoms with Crippen molar-refractivity contribution >= 4 is 5.91 Å². The lowest BCUT2D eigenvalue weighted by Gasteiger charge is -2.22. The normalized spacial score (nSPS) is 11.7. The van der Waals surface area contributed by atoms with Gasteiger partial charge in [-0.2, -0.15) is 0 Å². The van der Waals surface area contributed by atoms with Gasteiger partial charge in [-0.1, -0.05) is 0 Å². The monoisotopic (exact) mass is 210 g/mol. The zero-order chi connectivity index (χ0) is 11.5. The van der Waals surface area contributed by atoms with E-state index in [1.807, 2.05) is 17.7 Å². The first-order valence-electron chi connectivity index (χ1n) is 4.96. The van der Waals surface area contributed by atoms with Crippen LogP contribution in [-0.2, 0) is 11.3 Å². The van der Waals surface area contributed by atoms with E-state index < -0.39 is 5.54 Å². The molecule has 0 unspecified atom stereocenters. The van der Waals surface area contributed by atoms with E-state index in [4.69, 9.17) is 5.73 Å². The highest BCUT2D eigenvalue weighted by molar-refractivity contribution is 5.83. The number of imidazole rings is 1. The smallest absolute Gasteiger partial charge is 0.237 e. The zero-order valence-electron chi connectivity index (χ0n) is 9.45. The highest BCUT2D eigenvalue weighted by atomic mass is 16.1. The number of carbonyl (C=O) groups is 1. The van der Waals surface area contributed by atoms with Gasteiger partial charge in [-0.05, 0) is 20.8 Å². The van der Waals surface area contributed by atoms with Crippen LogP contribution >= 0.6 is 0 Å². The summed E-state index contributed by atoms with van der Waals surface area (Å²) in [5, 5.41) is 3.10. The van der Waals surface area contributed by atoms with Gasteiger partial charge >= 0.3 is 0 Å². The van der Waals surface area contributed by atoms with E-state index in [9.17, 15) is 4.79 Å². The molecule has 3 N–H and O–H groups in total. The first-order chi connectivity index (χ1) is 6.93. The summed E-state index contributed by atoms with van der Waals surface area (Å²) < 4.78 is 2.02. The molecule has 5 heteroatoms. The average molecular weight is 210 g/mol. The lowest BCUT2D eigenvalue weighted by Crippen LogP contribution is -2.51. The van der Waals surface area contributed by atoms with Crippen LogP contribution in [0.4, 0.5) is 0 Å². The fourth-order valence-electron chi connectivity index (χ4n) is 1.22. The molecular weight excluding hydrogens is 192 g/mol. The standard InChI is InChI=1S/C10H18N4O/c1-8-12-4-6-14(8)7-5-13-10(2,3)9(11)15/h4,6,13H,5,7H2,1-3H3,(H2,11,15). The molecule has 0 saturated heterocycles. The predicted octanol–water partition coefficient (Wildman–Crippen LogP) is 0.0450. The fourth-order valence-corrected chi connectivity index (χ4v) is 1.22. The van der Waals surface area contributed by atoms with E-state index in [2.05, 4.69) is 10.3 Å². The van der Waals surface area contributed by atoms with Crippen molar-refractivity contribution in [2.45, 2.75) is 32.9 Å². The number of hydrogen-bond acceptors (Lipinski definition) is 3. The highest BCUT2D eigenvalue weighted by Crippen LogP contribution is 2.00. The summed E-state index contributed by atoms with van der Waals surface area (Å²) in [6, 6.07) is 0. The topological polar surface area (TPSA) is 72.9 Å². The van der Waals surface area contributed by atoms with Gasteiger partial charge in [0.1, 0.15) is 5.82 Å². The van der Waals surface area contributed by atoms with Crippen LogP contribution in [0.1, 0.15) is 19.7 Å². The van der Waals surface area contributed by atoms with Gasteiger partial charge < -0.3 is 15.6 Å². The molecule has 0 atom stereocenters. The lowest BCUT2D eigenvalue weighted by molar-refractivity contribution is -0.123. The second kappa shape index (κ2) is 4.44. The van der Waals surface area contributed by atoms with Crippen molar-refractivity contribution in [1.29, 1.82) is 0 Å². The minimum Gasteiger partial charge on any atom is -0.368 e. The number of nitrogens with zero attached hydrogens (tertiary/aromatic N) is 2. The van der Waals surface area contributed by atoms with E-state index in [1.165, 1.54) is 0 Å². The van der Waals surface area contributed by atoms with Gasteiger partial charge in [0.05, 0.1) is 5.54 Å². The third-order valence-electron chi connectivity index (χ3n) is 2.46. The highest BCUT2D eigenvalue weighted by Gasteiger charge is 2.23. The van der Waals surface area contributed by atoms with Crippen molar-refractivity contribution in [2.75, 3.05) is 6.54 Å². The van der Waals surface area contributed by atoms with Gasteiger partial charge in [-0.3, -0.25) is 4.79 Å². The van der Waals surface area contributed by atoms with Crippen LogP contribution in [0.2, 0.25) is 0 Å². The molecule has 84 valence electrons. The molecule has 0 radical (unpaired) electrons. The molecule has 1 amide bonds. The number of primary amides is 1. The summed E-state index contributed by atoms with van der Waals surface area (Å²) in [4.78, 5) is 15.1. The Bertz CT molecular complexity index is 343. The molecule has 0 saturated carbocycles. The maximum absolute atomic E-state index is 11.0. The van der Waals surface area contributed by atoms with E-state index in [-0.39, 0.29) is 5.91 Å². The molecule has 0 aliphatic heterocycles. The van der Waals surface area contributed by atoms with Gasteiger partial charge in [-0.25, -0.2) is 4.98 Å². The molecular formula is C10H18N4O. The van der Waals surface area contributed by atoms with Crippen LogP contribution in [0.25, 0.3) is 0 Å². The third kappa shape index (κ3) is 3.06. The Balaban J connectivity index is 2.40. The quantitative estimate of drug-likeness (QED) is 0.721. The molecule has 1 aromatic rings. The Morgan fingerprint density at radius 3 is 2.80 bits per heavy atom. The summed E-state index contributed by atoms with van der Waals surface area (Å²) in [6.07, 6.45) is 3.67. The summed E-state index contributed by atoms with van der Waals surface area (Å²) in [7, 11) is 0. The number of aryl methyl sites for hydroxylation is 1. The van der Waals surface area contributed by atoms with Crippen LogP contribution in [0, 0.1) is 6.92 Å². The van der Waals surface area contributed by atoms with Gasteiger partial charge in [0.15, 0.2) is 0 Å². The largest absolute Gasteiger partial charge is 0.368 e. The minimum atomic E-state index is -0.658. The van der Waals surface area contributed by atoms with Crippen molar-refractivity contribution < 1.29 is 4.79 Å². The predicted molar refractivity (Wildman–Crippen MR) is 58.2 cm³/mol. The Hall–Kier alpha value is -1.36. The first kappa shape index (κ1) is 11.7. The molecule has 1 aromatic heterocycles. The lowest BCUT2D eigenvalue weighted by atomic mass is 10.1. The van der Waals surface area contributed by atoms with Crippen LogP contribution in [0.5, 0.6) is 0 Å².